The molecule has 1 aromatic carbocycles. The first-order valence-corrected chi connectivity index (χ1v) is 9.56. The molecule has 0 saturated carbocycles. The number of hydrogen-bond donors (Lipinski definition) is 1. The summed E-state index contributed by atoms with van der Waals surface area (Å²) in [5.74, 6) is -1.30. The highest BCUT2D eigenvalue weighted by atomic mass is 19.1. The molecule has 0 atom stereocenters. The molecule has 1 N–H and O–H groups in total. The SMILES string of the molecule is COc1ccc(C)nc1CC1(C(=O)O)CCN(C(=O)c2cccc(C)c2F)CC1. The van der Waals surface area contributed by atoms with Crippen molar-refractivity contribution in [1.82, 2.24) is 9.88 Å². The molecule has 1 fully saturated rings. The van der Waals surface area contributed by atoms with Gasteiger partial charge in [0.1, 0.15) is 11.6 Å². The van der Waals surface area contributed by atoms with Gasteiger partial charge < -0.3 is 14.7 Å². The average Bonchev–Trinajstić information content (AvgIpc) is 2.70. The minimum atomic E-state index is -1.05. The maximum atomic E-state index is 14.3. The topological polar surface area (TPSA) is 79.7 Å². The number of hydrogen-bond acceptors (Lipinski definition) is 4. The summed E-state index contributed by atoms with van der Waals surface area (Å²) < 4.78 is 19.7. The summed E-state index contributed by atoms with van der Waals surface area (Å²) in [4.78, 5) is 30.9. The van der Waals surface area contributed by atoms with Gasteiger partial charge in [-0.3, -0.25) is 14.6 Å². The zero-order chi connectivity index (χ0) is 21.2. The van der Waals surface area contributed by atoms with E-state index in [0.717, 1.165) is 5.69 Å². The highest BCUT2D eigenvalue weighted by Crippen LogP contribution is 2.37. The lowest BCUT2D eigenvalue weighted by molar-refractivity contribution is -0.151. The van der Waals surface area contributed by atoms with Crippen LogP contribution in [0.3, 0.4) is 0 Å². The monoisotopic (exact) mass is 400 g/mol. The number of methoxy groups -OCH3 is 1. The summed E-state index contributed by atoms with van der Waals surface area (Å²) in [6.07, 6.45) is 0.745. The van der Waals surface area contributed by atoms with Crippen LogP contribution in [0, 0.1) is 25.1 Å². The van der Waals surface area contributed by atoms with Crippen molar-refractivity contribution in [3.8, 4) is 5.75 Å². The summed E-state index contributed by atoms with van der Waals surface area (Å²) in [6, 6.07) is 8.32. The molecule has 1 aliphatic rings. The largest absolute Gasteiger partial charge is 0.495 e. The number of carbonyl (C=O) groups excluding carboxylic acids is 1. The number of carboxylic acid groups (broad SMARTS) is 1. The van der Waals surface area contributed by atoms with Gasteiger partial charge in [0.2, 0.25) is 0 Å². The Kier molecular flexibility index (Phi) is 5.86. The number of carbonyl (C=O) groups is 2. The van der Waals surface area contributed by atoms with Gasteiger partial charge in [-0.2, -0.15) is 0 Å². The Hall–Kier alpha value is -2.96. The number of rotatable bonds is 5. The maximum Gasteiger partial charge on any atom is 0.310 e. The number of pyridine rings is 1. The first kappa shape index (κ1) is 20.8. The van der Waals surface area contributed by atoms with E-state index in [4.69, 9.17) is 4.74 Å². The van der Waals surface area contributed by atoms with Crippen LogP contribution in [0.5, 0.6) is 5.75 Å². The number of amides is 1. The van der Waals surface area contributed by atoms with E-state index in [1.54, 1.807) is 25.1 Å². The van der Waals surface area contributed by atoms with Crippen molar-refractivity contribution in [2.24, 2.45) is 5.41 Å². The lowest BCUT2D eigenvalue weighted by atomic mass is 9.74. The van der Waals surface area contributed by atoms with Crippen molar-refractivity contribution < 1.29 is 23.8 Å². The molecule has 154 valence electrons. The summed E-state index contributed by atoms with van der Waals surface area (Å²) in [6.45, 7) is 3.94. The van der Waals surface area contributed by atoms with Gasteiger partial charge in [-0.25, -0.2) is 4.39 Å². The highest BCUT2D eigenvalue weighted by Gasteiger charge is 2.43. The van der Waals surface area contributed by atoms with Crippen molar-refractivity contribution in [3.05, 3.63) is 58.7 Å². The van der Waals surface area contributed by atoms with E-state index in [1.165, 1.54) is 18.1 Å². The molecule has 0 aliphatic carbocycles. The summed E-state index contributed by atoms with van der Waals surface area (Å²) in [7, 11) is 1.53. The molecule has 1 aliphatic heterocycles. The summed E-state index contributed by atoms with van der Waals surface area (Å²) in [5, 5.41) is 9.97. The molecular formula is C22H25FN2O4. The van der Waals surface area contributed by atoms with Crippen LogP contribution in [-0.2, 0) is 11.2 Å². The average molecular weight is 400 g/mol. The van der Waals surface area contributed by atoms with Crippen LogP contribution in [0.25, 0.3) is 0 Å². The number of aryl methyl sites for hydroxylation is 2. The molecule has 7 heteroatoms. The zero-order valence-corrected chi connectivity index (χ0v) is 16.9. The van der Waals surface area contributed by atoms with Gasteiger partial charge in [-0.05, 0) is 50.5 Å². The lowest BCUT2D eigenvalue weighted by Gasteiger charge is -2.39. The molecule has 6 nitrogen and oxygen atoms in total. The second-order valence-electron chi connectivity index (χ2n) is 7.59. The number of carboxylic acids is 1. The van der Waals surface area contributed by atoms with Crippen LogP contribution < -0.4 is 4.74 Å². The molecule has 1 saturated heterocycles. The van der Waals surface area contributed by atoms with E-state index in [0.29, 0.717) is 17.0 Å². The van der Waals surface area contributed by atoms with Crippen LogP contribution >= 0.6 is 0 Å². The molecule has 0 radical (unpaired) electrons. The third kappa shape index (κ3) is 4.09. The lowest BCUT2D eigenvalue weighted by Crippen LogP contribution is -2.48. The minimum Gasteiger partial charge on any atom is -0.495 e. The molecule has 0 bridgehead atoms. The number of benzene rings is 1. The molecular weight excluding hydrogens is 375 g/mol. The second kappa shape index (κ2) is 8.19. The van der Waals surface area contributed by atoms with Crippen LogP contribution in [0.15, 0.2) is 30.3 Å². The number of aliphatic carboxylic acids is 1. The normalized spacial score (nSPS) is 15.8. The Morgan fingerprint density at radius 1 is 1.21 bits per heavy atom. The smallest absolute Gasteiger partial charge is 0.310 e. The van der Waals surface area contributed by atoms with E-state index in [1.807, 2.05) is 13.0 Å². The van der Waals surface area contributed by atoms with Crippen molar-refractivity contribution in [1.29, 1.82) is 0 Å². The molecule has 0 unspecified atom stereocenters. The minimum absolute atomic E-state index is 0.0230. The van der Waals surface area contributed by atoms with Gasteiger partial charge in [0.25, 0.3) is 5.91 Å². The fourth-order valence-electron chi connectivity index (χ4n) is 3.82. The fourth-order valence-corrected chi connectivity index (χ4v) is 3.82. The number of piperidine rings is 1. The van der Waals surface area contributed by atoms with Crippen LogP contribution in [0.1, 0.15) is 40.2 Å². The maximum absolute atomic E-state index is 14.3. The summed E-state index contributed by atoms with van der Waals surface area (Å²) in [5.41, 5.74) is 0.763. The third-order valence-corrected chi connectivity index (χ3v) is 5.68. The van der Waals surface area contributed by atoms with Gasteiger partial charge in [0.05, 0.1) is 23.8 Å². The molecule has 2 heterocycles. The standard InChI is InChI=1S/C22H25FN2O4/c1-14-5-4-6-16(19(14)23)20(26)25-11-9-22(10-12-25,21(27)28)13-17-18(29-3)8-7-15(2)24-17/h4-8H,9-13H2,1-3H3,(H,27,28). The number of halogens is 1. The molecule has 1 amide bonds. The number of ether oxygens (including phenoxy) is 1. The first-order chi connectivity index (χ1) is 13.8. The number of aromatic nitrogens is 1. The van der Waals surface area contributed by atoms with Gasteiger partial charge >= 0.3 is 5.97 Å². The summed E-state index contributed by atoms with van der Waals surface area (Å²) >= 11 is 0. The van der Waals surface area contributed by atoms with E-state index in [2.05, 4.69) is 4.98 Å². The van der Waals surface area contributed by atoms with Crippen LogP contribution in [0.2, 0.25) is 0 Å². The second-order valence-corrected chi connectivity index (χ2v) is 7.59. The quantitative estimate of drug-likeness (QED) is 0.832. The number of nitrogens with zero attached hydrogens (tertiary/aromatic N) is 2. The van der Waals surface area contributed by atoms with Crippen LogP contribution in [-0.4, -0.2) is 47.1 Å². The zero-order valence-electron chi connectivity index (χ0n) is 16.9. The molecule has 2 aromatic rings. The Bertz CT molecular complexity index is 936. The van der Waals surface area contributed by atoms with Gasteiger partial charge in [-0.15, -0.1) is 0 Å². The molecule has 0 spiro atoms. The Morgan fingerprint density at radius 3 is 2.52 bits per heavy atom. The first-order valence-electron chi connectivity index (χ1n) is 9.56. The fraction of sp³-hybridized carbons (Fsp3) is 0.409. The van der Waals surface area contributed by atoms with Crippen LogP contribution in [0.4, 0.5) is 4.39 Å². The van der Waals surface area contributed by atoms with E-state index >= 15 is 0 Å². The van der Waals surface area contributed by atoms with Crippen molar-refractivity contribution in [3.63, 3.8) is 0 Å². The van der Waals surface area contributed by atoms with Gasteiger partial charge in [0, 0.05) is 25.2 Å². The van der Waals surface area contributed by atoms with E-state index in [9.17, 15) is 19.1 Å². The molecule has 3 rings (SSSR count). The van der Waals surface area contributed by atoms with E-state index in [-0.39, 0.29) is 37.9 Å². The predicted octanol–water partition coefficient (Wildman–Crippen LogP) is 3.40. The van der Waals surface area contributed by atoms with Crippen molar-refractivity contribution in [2.75, 3.05) is 20.2 Å². The number of likely N-dealkylation sites (tertiary alicyclic amines) is 1. The molecule has 1 aromatic heterocycles. The highest BCUT2D eigenvalue weighted by molar-refractivity contribution is 5.95. The predicted molar refractivity (Wildman–Crippen MR) is 106 cm³/mol. The van der Waals surface area contributed by atoms with Gasteiger partial charge in [0.15, 0.2) is 0 Å². The Balaban J connectivity index is 1.80. The Morgan fingerprint density at radius 2 is 1.90 bits per heavy atom. The van der Waals surface area contributed by atoms with Crippen molar-refractivity contribution >= 4 is 11.9 Å². The van der Waals surface area contributed by atoms with Crippen molar-refractivity contribution in [2.45, 2.75) is 33.1 Å². The molecule has 29 heavy (non-hydrogen) atoms. The van der Waals surface area contributed by atoms with E-state index < -0.39 is 23.1 Å². The third-order valence-electron chi connectivity index (χ3n) is 5.68. The Labute approximate surface area is 169 Å². The van der Waals surface area contributed by atoms with Gasteiger partial charge in [-0.1, -0.05) is 12.1 Å².